The van der Waals surface area contributed by atoms with Crippen LogP contribution < -0.4 is 0 Å². The highest BCUT2D eigenvalue weighted by molar-refractivity contribution is 4.99. The first kappa shape index (κ1) is 12.4. The normalized spacial score (nSPS) is 42.8. The average molecular weight is 224 g/mol. The molecule has 0 aliphatic heterocycles. The fourth-order valence-electron chi connectivity index (χ4n) is 4.58. The summed E-state index contributed by atoms with van der Waals surface area (Å²) in [6.45, 7) is 10.5. The Morgan fingerprint density at radius 1 is 1.12 bits per heavy atom. The highest BCUT2D eigenvalue weighted by Crippen LogP contribution is 2.57. The van der Waals surface area contributed by atoms with E-state index in [1.807, 2.05) is 0 Å². The Kier molecular flexibility index (Phi) is 3.36. The maximum Gasteiger partial charge on any atom is 0.0580 e. The fraction of sp³-hybridized carbons (Fsp3) is 1.00. The maximum absolute atomic E-state index is 5.87. The lowest BCUT2D eigenvalue weighted by Gasteiger charge is -2.55. The Morgan fingerprint density at radius 3 is 2.56 bits per heavy atom. The lowest BCUT2D eigenvalue weighted by Crippen LogP contribution is -2.47. The standard InChI is InChI=1S/C15H28O/c1-5-16-12-7-8-13-14(2,3)9-6-10-15(13,4)11-12/h12-13H,5-11H2,1-4H3/t12-,13?,15+/m0/s1. The molecule has 1 heteroatoms. The zero-order chi connectivity index (χ0) is 11.8. The van der Waals surface area contributed by atoms with Gasteiger partial charge in [-0.15, -0.1) is 0 Å². The van der Waals surface area contributed by atoms with Crippen molar-refractivity contribution in [3.05, 3.63) is 0 Å². The van der Waals surface area contributed by atoms with Crippen LogP contribution in [0.25, 0.3) is 0 Å². The second kappa shape index (κ2) is 4.33. The summed E-state index contributed by atoms with van der Waals surface area (Å²) in [7, 11) is 0. The predicted molar refractivity (Wildman–Crippen MR) is 68.5 cm³/mol. The molecule has 94 valence electrons. The summed E-state index contributed by atoms with van der Waals surface area (Å²) >= 11 is 0. The molecule has 0 amide bonds. The van der Waals surface area contributed by atoms with Crippen molar-refractivity contribution in [2.45, 2.75) is 72.3 Å². The summed E-state index contributed by atoms with van der Waals surface area (Å²) in [6, 6.07) is 0. The topological polar surface area (TPSA) is 9.23 Å². The van der Waals surface area contributed by atoms with Gasteiger partial charge >= 0.3 is 0 Å². The van der Waals surface area contributed by atoms with Gasteiger partial charge in [-0.2, -0.15) is 0 Å². The van der Waals surface area contributed by atoms with E-state index in [9.17, 15) is 0 Å². The third kappa shape index (κ3) is 2.16. The molecule has 0 N–H and O–H groups in total. The van der Waals surface area contributed by atoms with E-state index in [1.54, 1.807) is 0 Å². The molecule has 0 heterocycles. The van der Waals surface area contributed by atoms with Crippen LogP contribution in [-0.2, 0) is 4.74 Å². The first-order valence-electron chi connectivity index (χ1n) is 7.09. The van der Waals surface area contributed by atoms with E-state index in [-0.39, 0.29) is 0 Å². The maximum atomic E-state index is 5.87. The molecular formula is C15H28O. The van der Waals surface area contributed by atoms with Crippen molar-refractivity contribution in [3.63, 3.8) is 0 Å². The Balaban J connectivity index is 2.10. The Morgan fingerprint density at radius 2 is 1.88 bits per heavy atom. The molecule has 2 rings (SSSR count). The summed E-state index contributed by atoms with van der Waals surface area (Å²) in [5.41, 5.74) is 1.12. The van der Waals surface area contributed by atoms with Gasteiger partial charge in [0.05, 0.1) is 6.10 Å². The number of hydrogen-bond acceptors (Lipinski definition) is 1. The summed E-state index contributed by atoms with van der Waals surface area (Å²) in [5.74, 6) is 0.922. The zero-order valence-corrected chi connectivity index (χ0v) is 11.5. The minimum Gasteiger partial charge on any atom is -0.378 e. The van der Waals surface area contributed by atoms with E-state index in [0.29, 0.717) is 16.9 Å². The zero-order valence-electron chi connectivity index (χ0n) is 11.5. The van der Waals surface area contributed by atoms with Crippen molar-refractivity contribution >= 4 is 0 Å². The van der Waals surface area contributed by atoms with Crippen LogP contribution in [0.5, 0.6) is 0 Å². The van der Waals surface area contributed by atoms with E-state index < -0.39 is 0 Å². The fourth-order valence-corrected chi connectivity index (χ4v) is 4.58. The van der Waals surface area contributed by atoms with Crippen LogP contribution in [0.15, 0.2) is 0 Å². The van der Waals surface area contributed by atoms with Crippen molar-refractivity contribution in [2.75, 3.05) is 6.61 Å². The quantitative estimate of drug-likeness (QED) is 0.675. The second-order valence-corrected chi connectivity index (χ2v) is 6.91. The minimum atomic E-state index is 0.542. The van der Waals surface area contributed by atoms with Gasteiger partial charge in [-0.1, -0.05) is 27.2 Å². The Bertz CT molecular complexity index is 246. The van der Waals surface area contributed by atoms with Gasteiger partial charge in [0.15, 0.2) is 0 Å². The number of fused-ring (bicyclic) bond motifs is 1. The van der Waals surface area contributed by atoms with Crippen molar-refractivity contribution < 1.29 is 4.74 Å². The molecule has 0 bridgehead atoms. The van der Waals surface area contributed by atoms with Crippen LogP contribution in [0.3, 0.4) is 0 Å². The van der Waals surface area contributed by atoms with E-state index in [4.69, 9.17) is 4.74 Å². The van der Waals surface area contributed by atoms with Crippen LogP contribution in [0.1, 0.15) is 66.2 Å². The average Bonchev–Trinajstić information content (AvgIpc) is 2.16. The van der Waals surface area contributed by atoms with E-state index in [2.05, 4.69) is 27.7 Å². The van der Waals surface area contributed by atoms with Gasteiger partial charge in [-0.3, -0.25) is 0 Å². The highest BCUT2D eigenvalue weighted by Gasteiger charge is 2.49. The van der Waals surface area contributed by atoms with Gasteiger partial charge in [0.2, 0.25) is 0 Å². The predicted octanol–water partition coefficient (Wildman–Crippen LogP) is 4.41. The van der Waals surface area contributed by atoms with Gasteiger partial charge < -0.3 is 4.74 Å². The monoisotopic (exact) mass is 224 g/mol. The minimum absolute atomic E-state index is 0.542. The van der Waals surface area contributed by atoms with Crippen LogP contribution in [0.2, 0.25) is 0 Å². The largest absolute Gasteiger partial charge is 0.378 e. The van der Waals surface area contributed by atoms with Crippen LogP contribution >= 0.6 is 0 Å². The van der Waals surface area contributed by atoms with E-state index >= 15 is 0 Å². The summed E-state index contributed by atoms with van der Waals surface area (Å²) in [6.07, 6.45) is 8.77. The first-order valence-corrected chi connectivity index (χ1v) is 7.09. The Labute approximate surface area is 101 Å². The van der Waals surface area contributed by atoms with Gasteiger partial charge in [-0.05, 0) is 55.8 Å². The van der Waals surface area contributed by atoms with Crippen LogP contribution in [-0.4, -0.2) is 12.7 Å². The van der Waals surface area contributed by atoms with Crippen molar-refractivity contribution in [2.24, 2.45) is 16.7 Å². The summed E-state index contributed by atoms with van der Waals surface area (Å²) < 4.78 is 5.87. The van der Waals surface area contributed by atoms with Gasteiger partial charge in [-0.25, -0.2) is 0 Å². The lowest BCUT2D eigenvalue weighted by molar-refractivity contribution is -0.0921. The number of rotatable bonds is 2. The van der Waals surface area contributed by atoms with Gasteiger partial charge in [0, 0.05) is 6.61 Å². The molecule has 0 saturated heterocycles. The molecule has 0 spiro atoms. The molecule has 2 aliphatic rings. The van der Waals surface area contributed by atoms with Crippen LogP contribution in [0, 0.1) is 16.7 Å². The third-order valence-electron chi connectivity index (χ3n) is 5.23. The number of ether oxygens (including phenoxy) is 1. The molecule has 2 aliphatic carbocycles. The molecule has 2 fully saturated rings. The SMILES string of the molecule is CCO[C@H]1CCC2C(C)(C)CCC[C@]2(C)C1. The molecule has 16 heavy (non-hydrogen) atoms. The summed E-state index contributed by atoms with van der Waals surface area (Å²) in [5, 5.41) is 0. The third-order valence-corrected chi connectivity index (χ3v) is 5.23. The van der Waals surface area contributed by atoms with Gasteiger partial charge in [0.1, 0.15) is 0 Å². The lowest BCUT2D eigenvalue weighted by atomic mass is 9.51. The smallest absolute Gasteiger partial charge is 0.0580 e. The second-order valence-electron chi connectivity index (χ2n) is 6.91. The summed E-state index contributed by atoms with van der Waals surface area (Å²) in [4.78, 5) is 0. The van der Waals surface area contributed by atoms with E-state index in [0.717, 1.165) is 12.5 Å². The van der Waals surface area contributed by atoms with Crippen molar-refractivity contribution in [3.8, 4) is 0 Å². The molecular weight excluding hydrogens is 196 g/mol. The van der Waals surface area contributed by atoms with Crippen LogP contribution in [0.4, 0.5) is 0 Å². The molecule has 0 aromatic rings. The molecule has 3 atom stereocenters. The molecule has 1 nitrogen and oxygen atoms in total. The van der Waals surface area contributed by atoms with Crippen molar-refractivity contribution in [1.82, 2.24) is 0 Å². The Hall–Kier alpha value is -0.0400. The molecule has 0 aromatic carbocycles. The first-order chi connectivity index (χ1) is 7.48. The van der Waals surface area contributed by atoms with Crippen molar-refractivity contribution in [1.29, 1.82) is 0 Å². The van der Waals surface area contributed by atoms with Gasteiger partial charge in [0.25, 0.3) is 0 Å². The molecule has 1 unspecified atom stereocenters. The van der Waals surface area contributed by atoms with E-state index in [1.165, 1.54) is 38.5 Å². The molecule has 0 aromatic heterocycles. The highest BCUT2D eigenvalue weighted by atomic mass is 16.5. The number of hydrogen-bond donors (Lipinski definition) is 0. The molecule has 2 saturated carbocycles. The molecule has 0 radical (unpaired) electrons.